The van der Waals surface area contributed by atoms with Crippen LogP contribution in [0.1, 0.15) is 6.92 Å². The molecule has 1 heterocycles. The van der Waals surface area contributed by atoms with E-state index in [0.717, 1.165) is 6.07 Å². The van der Waals surface area contributed by atoms with Crippen LogP contribution >= 0.6 is 35.0 Å². The number of hydrogen-bond donors (Lipinski definition) is 1. The molecule has 0 atom stereocenters. The number of aromatic nitrogens is 2. The average Bonchev–Trinajstić information content (AvgIpc) is 2.66. The first kappa shape index (κ1) is 21.8. The van der Waals surface area contributed by atoms with Crippen molar-refractivity contribution in [2.75, 3.05) is 19.5 Å². The van der Waals surface area contributed by atoms with Crippen molar-refractivity contribution in [1.29, 1.82) is 0 Å². The molecule has 0 unspecified atom stereocenters. The second kappa shape index (κ2) is 8.87. The van der Waals surface area contributed by atoms with Gasteiger partial charge < -0.3 is 4.74 Å². The summed E-state index contributed by atoms with van der Waals surface area (Å²) in [6, 6.07) is 3.18. The van der Waals surface area contributed by atoms with E-state index in [9.17, 15) is 18.4 Å². The smallest absolute Gasteiger partial charge is 0.328 e. The third-order valence-corrected chi connectivity index (χ3v) is 5.96. The van der Waals surface area contributed by atoms with Gasteiger partial charge in [-0.05, 0) is 19.1 Å². The summed E-state index contributed by atoms with van der Waals surface area (Å²) in [4.78, 5) is 27.4. The van der Waals surface area contributed by atoms with Crippen molar-refractivity contribution in [3.8, 4) is 11.1 Å². The fraction of sp³-hybridized carbons (Fsp3) is 0.263. The number of ether oxygens (including phenoxy) is 1. The molecule has 0 aliphatic heterocycles. The van der Waals surface area contributed by atoms with Crippen LogP contribution in [-0.2, 0) is 11.3 Å². The van der Waals surface area contributed by atoms with E-state index in [0.29, 0.717) is 28.8 Å². The molecule has 0 radical (unpaired) electrons. The lowest BCUT2D eigenvalue weighted by atomic mass is 10.0. The second-order valence-electron chi connectivity index (χ2n) is 6.05. The molecule has 10 heteroatoms. The van der Waals surface area contributed by atoms with E-state index in [4.69, 9.17) is 27.9 Å². The molecule has 0 amide bonds. The maximum Gasteiger partial charge on any atom is 0.328 e. The maximum atomic E-state index is 14.7. The highest BCUT2D eigenvalue weighted by Gasteiger charge is 2.23. The summed E-state index contributed by atoms with van der Waals surface area (Å²) < 4.78 is 34.8. The molecular weight excluding hydrogens is 445 g/mol. The van der Waals surface area contributed by atoms with Crippen molar-refractivity contribution < 1.29 is 13.5 Å². The summed E-state index contributed by atoms with van der Waals surface area (Å²) in [7, 11) is 1.53. The van der Waals surface area contributed by atoms with E-state index < -0.39 is 22.9 Å². The Labute approximate surface area is 178 Å². The van der Waals surface area contributed by atoms with Gasteiger partial charge in [0.1, 0.15) is 11.6 Å². The molecule has 3 rings (SSSR count). The highest BCUT2D eigenvalue weighted by molar-refractivity contribution is 7.99. The summed E-state index contributed by atoms with van der Waals surface area (Å²) in [5.41, 5.74) is -0.675. The maximum absolute atomic E-state index is 14.7. The summed E-state index contributed by atoms with van der Waals surface area (Å²) in [5, 5.41) is -0.0104. The van der Waals surface area contributed by atoms with Gasteiger partial charge in [0.25, 0.3) is 5.56 Å². The topological polar surface area (TPSA) is 64.1 Å². The van der Waals surface area contributed by atoms with Crippen LogP contribution in [-0.4, -0.2) is 29.0 Å². The van der Waals surface area contributed by atoms with Crippen molar-refractivity contribution in [2.24, 2.45) is 0 Å². The van der Waals surface area contributed by atoms with Crippen LogP contribution in [0.4, 0.5) is 8.78 Å². The Balaban J connectivity index is 2.48. The number of methoxy groups -OCH3 is 1. The number of nitrogens with one attached hydrogen (secondary N) is 1. The molecule has 0 saturated heterocycles. The predicted octanol–water partition coefficient (Wildman–Crippen LogP) is 4.70. The van der Waals surface area contributed by atoms with E-state index in [1.54, 1.807) is 6.92 Å². The normalized spacial score (nSPS) is 11.4. The van der Waals surface area contributed by atoms with E-state index in [-0.39, 0.29) is 33.1 Å². The number of nitrogens with zero attached hydrogens (tertiary/aromatic N) is 1. The molecule has 29 heavy (non-hydrogen) atoms. The quantitative estimate of drug-likeness (QED) is 0.329. The zero-order valence-electron chi connectivity index (χ0n) is 15.4. The molecule has 3 aromatic rings. The number of hydrogen-bond acceptors (Lipinski definition) is 4. The lowest BCUT2D eigenvalue weighted by Gasteiger charge is -2.18. The lowest BCUT2D eigenvalue weighted by molar-refractivity contribution is 0.218. The molecular formula is C19H16Cl2F2N2O3S. The van der Waals surface area contributed by atoms with Crippen molar-refractivity contribution in [2.45, 2.75) is 18.4 Å². The largest absolute Gasteiger partial charge is 0.384 e. The summed E-state index contributed by atoms with van der Waals surface area (Å²) in [6.07, 6.45) is 0. The highest BCUT2D eigenvalue weighted by Crippen LogP contribution is 2.43. The standard InChI is InChI=1S/C19H16Cl2F2N2O3S/c1-3-25-16-10(18(26)24-19(25)27)7-12(21)15(17(16)29-5-4-28-2)9-6-11(20)14(23)8-13(9)22/h6-8H,3-5H2,1-2H3,(H,24,26,27). The molecule has 0 saturated carbocycles. The monoisotopic (exact) mass is 460 g/mol. The third kappa shape index (κ3) is 4.07. The number of H-pyrrole nitrogens is 1. The molecule has 1 aromatic heterocycles. The molecule has 0 aliphatic carbocycles. The van der Waals surface area contributed by atoms with E-state index in [2.05, 4.69) is 4.98 Å². The number of benzene rings is 2. The minimum Gasteiger partial charge on any atom is -0.384 e. The van der Waals surface area contributed by atoms with Crippen LogP contribution in [0.25, 0.3) is 22.0 Å². The molecule has 5 nitrogen and oxygen atoms in total. The average molecular weight is 461 g/mol. The highest BCUT2D eigenvalue weighted by atomic mass is 35.5. The van der Waals surface area contributed by atoms with Gasteiger partial charge in [-0.15, -0.1) is 11.8 Å². The summed E-state index contributed by atoms with van der Waals surface area (Å²) in [6.45, 7) is 2.37. The van der Waals surface area contributed by atoms with Crippen LogP contribution in [0.15, 0.2) is 32.7 Å². The van der Waals surface area contributed by atoms with Crippen molar-refractivity contribution in [3.05, 3.63) is 60.7 Å². The minimum absolute atomic E-state index is 0.0291. The number of halogens is 4. The Morgan fingerprint density at radius 1 is 1.14 bits per heavy atom. The van der Waals surface area contributed by atoms with E-state index in [1.807, 2.05) is 0 Å². The van der Waals surface area contributed by atoms with Crippen LogP contribution in [0, 0.1) is 11.6 Å². The summed E-state index contributed by atoms with van der Waals surface area (Å²) in [5.74, 6) is -1.32. The van der Waals surface area contributed by atoms with Gasteiger partial charge in [0.15, 0.2) is 0 Å². The van der Waals surface area contributed by atoms with E-state index >= 15 is 0 Å². The zero-order valence-corrected chi connectivity index (χ0v) is 17.8. The van der Waals surface area contributed by atoms with Gasteiger partial charge in [0, 0.05) is 41.5 Å². The van der Waals surface area contributed by atoms with Gasteiger partial charge in [-0.2, -0.15) is 0 Å². The van der Waals surface area contributed by atoms with Gasteiger partial charge in [0.05, 0.1) is 27.6 Å². The van der Waals surface area contributed by atoms with E-state index in [1.165, 1.54) is 29.5 Å². The fourth-order valence-electron chi connectivity index (χ4n) is 3.03. The molecule has 0 bridgehead atoms. The van der Waals surface area contributed by atoms with Gasteiger partial charge in [-0.3, -0.25) is 14.3 Å². The first-order chi connectivity index (χ1) is 13.8. The first-order valence-corrected chi connectivity index (χ1v) is 10.3. The summed E-state index contributed by atoms with van der Waals surface area (Å²) >= 11 is 13.6. The zero-order chi connectivity index (χ0) is 21.3. The fourth-order valence-corrected chi connectivity index (χ4v) is 4.73. The van der Waals surface area contributed by atoms with Crippen LogP contribution in [0.5, 0.6) is 0 Å². The van der Waals surface area contributed by atoms with Gasteiger partial charge in [0.2, 0.25) is 0 Å². The molecule has 154 valence electrons. The number of fused-ring (bicyclic) bond motifs is 1. The van der Waals surface area contributed by atoms with Gasteiger partial charge in [-0.25, -0.2) is 13.6 Å². The minimum atomic E-state index is -0.902. The van der Waals surface area contributed by atoms with Crippen LogP contribution in [0.3, 0.4) is 0 Å². The SMILES string of the molecule is CCn1c(=O)[nH]c(=O)c2cc(Cl)c(-c3cc(Cl)c(F)cc3F)c(SCCOC)c21. The van der Waals surface area contributed by atoms with Crippen LogP contribution in [0.2, 0.25) is 10.0 Å². The number of aryl methyl sites for hydroxylation is 1. The number of aromatic amines is 1. The predicted molar refractivity (Wildman–Crippen MR) is 112 cm³/mol. The third-order valence-electron chi connectivity index (χ3n) is 4.32. The molecule has 0 fully saturated rings. The van der Waals surface area contributed by atoms with Crippen LogP contribution < -0.4 is 11.2 Å². The second-order valence-corrected chi connectivity index (χ2v) is 7.97. The Bertz CT molecular complexity index is 1210. The first-order valence-electron chi connectivity index (χ1n) is 8.56. The Kier molecular flexibility index (Phi) is 6.68. The number of rotatable bonds is 6. The Morgan fingerprint density at radius 2 is 1.86 bits per heavy atom. The Hall–Kier alpha value is -1.87. The molecule has 0 aliphatic rings. The molecule has 1 N–H and O–H groups in total. The lowest BCUT2D eigenvalue weighted by Crippen LogP contribution is -2.30. The van der Waals surface area contributed by atoms with Crippen molar-refractivity contribution in [1.82, 2.24) is 9.55 Å². The Morgan fingerprint density at radius 3 is 2.52 bits per heavy atom. The number of thioether (sulfide) groups is 1. The van der Waals surface area contributed by atoms with Gasteiger partial charge in [-0.1, -0.05) is 23.2 Å². The van der Waals surface area contributed by atoms with Crippen molar-refractivity contribution in [3.63, 3.8) is 0 Å². The molecule has 2 aromatic carbocycles. The van der Waals surface area contributed by atoms with Gasteiger partial charge >= 0.3 is 5.69 Å². The molecule has 0 spiro atoms. The van der Waals surface area contributed by atoms with Crippen molar-refractivity contribution >= 4 is 45.9 Å².